The van der Waals surface area contributed by atoms with Gasteiger partial charge in [-0.15, -0.1) is 11.3 Å². The Bertz CT molecular complexity index is 2790. The van der Waals surface area contributed by atoms with E-state index in [0.29, 0.717) is 34.7 Å². The Morgan fingerprint density at radius 1 is 1.03 bits per heavy atom. The third-order valence-electron chi connectivity index (χ3n) is 11.9. The normalized spacial score (nSPS) is 18.0. The lowest BCUT2D eigenvalue weighted by atomic mass is 9.85. The van der Waals surface area contributed by atoms with Crippen molar-refractivity contribution >= 4 is 67.5 Å². The highest BCUT2D eigenvalue weighted by molar-refractivity contribution is 7.92. The van der Waals surface area contributed by atoms with Crippen LogP contribution in [0.3, 0.4) is 0 Å². The first-order valence-corrected chi connectivity index (χ1v) is 24.0. The highest BCUT2D eigenvalue weighted by atomic mass is 32.2. The third kappa shape index (κ3) is 10.4. The zero-order chi connectivity index (χ0) is 47.7. The van der Waals surface area contributed by atoms with Gasteiger partial charge in [0.1, 0.15) is 24.0 Å². The predicted molar refractivity (Wildman–Crippen MR) is 246 cm³/mol. The monoisotopic (exact) mass is 944 g/mol. The number of amides is 4. The van der Waals surface area contributed by atoms with Crippen LogP contribution in [0.5, 0.6) is 5.75 Å². The number of carbonyl (C=O) groups is 5. The van der Waals surface area contributed by atoms with Crippen molar-refractivity contribution in [3.8, 4) is 27.3 Å². The summed E-state index contributed by atoms with van der Waals surface area (Å²) in [6, 6.07) is 11.5. The molecule has 2 aliphatic heterocycles. The number of hydrogen-bond donors (Lipinski definition) is 5. The minimum absolute atomic E-state index is 0.00521. The SMILES string of the molecule is Cc1ncsc1-c1ccc(C(C)CC(=O)[C@H]2C[C@H](O)CN2C(=O)[C@@H](NC(=O)CCCCCNC(=O)n2cc(-c3ccc4cc(O)c(N5CC(=O)NS5(=O)=O)c(F)c4c3)cn2)C(C)(C)C)cc1. The maximum Gasteiger partial charge on any atom is 0.342 e. The van der Waals surface area contributed by atoms with E-state index in [1.807, 2.05) is 64.4 Å². The quantitative estimate of drug-likeness (QED) is 0.0819. The van der Waals surface area contributed by atoms with E-state index in [9.17, 15) is 42.6 Å². The molecule has 3 aromatic carbocycles. The molecule has 0 spiro atoms. The Morgan fingerprint density at radius 2 is 1.76 bits per heavy atom. The van der Waals surface area contributed by atoms with Crippen molar-refractivity contribution in [1.82, 2.24) is 35.0 Å². The molecule has 2 aromatic heterocycles. The third-order valence-corrected chi connectivity index (χ3v) is 14.3. The molecule has 1 unspecified atom stereocenters. The van der Waals surface area contributed by atoms with Crippen LogP contribution in [0.2, 0.25) is 0 Å². The number of likely N-dealkylation sites (tertiary alicyclic amines) is 1. The number of phenols is 1. The number of aliphatic hydroxyl groups is 1. The maximum atomic E-state index is 15.8. The van der Waals surface area contributed by atoms with Gasteiger partial charge in [-0.3, -0.25) is 19.2 Å². The van der Waals surface area contributed by atoms with Crippen molar-refractivity contribution < 1.29 is 47.0 Å². The fraction of sp³-hybridized carbons (Fsp3) is 0.413. The Morgan fingerprint density at radius 3 is 2.42 bits per heavy atom. The molecule has 2 fully saturated rings. The van der Waals surface area contributed by atoms with Crippen LogP contribution in [0.15, 0.2) is 66.4 Å². The van der Waals surface area contributed by atoms with Gasteiger partial charge < -0.3 is 25.7 Å². The minimum atomic E-state index is -4.39. The van der Waals surface area contributed by atoms with Crippen LogP contribution in [-0.4, -0.2) is 106 Å². The number of aromatic hydroxyl groups is 1. The van der Waals surface area contributed by atoms with Crippen molar-refractivity contribution in [3.05, 3.63) is 83.5 Å². The second-order valence-electron chi connectivity index (χ2n) is 18.0. The number of β-amino-alcohol motifs (C(OH)–C–C–N with tert-alkyl or cyclic N) is 1. The second-order valence-corrected chi connectivity index (χ2v) is 20.4. The molecule has 5 aromatic rings. The fourth-order valence-electron chi connectivity index (χ4n) is 8.35. The van der Waals surface area contributed by atoms with Crippen LogP contribution < -0.4 is 19.7 Å². The zero-order valence-electron chi connectivity index (χ0n) is 37.2. The molecule has 7 rings (SSSR count). The molecule has 5 N–H and O–H groups in total. The molecule has 4 atom stereocenters. The number of rotatable bonds is 15. The second kappa shape index (κ2) is 19.3. The van der Waals surface area contributed by atoms with Crippen LogP contribution in [0.4, 0.5) is 14.9 Å². The number of anilines is 1. The Balaban J connectivity index is 0.879. The maximum absolute atomic E-state index is 15.8. The van der Waals surface area contributed by atoms with Crippen molar-refractivity contribution in [2.24, 2.45) is 5.41 Å². The molecule has 17 nitrogen and oxygen atoms in total. The van der Waals surface area contributed by atoms with E-state index in [-0.39, 0.29) is 60.7 Å². The Hall–Kier alpha value is -6.25. The molecule has 4 amide bonds. The Labute approximate surface area is 385 Å². The van der Waals surface area contributed by atoms with E-state index in [1.54, 1.807) is 22.1 Å². The highest BCUT2D eigenvalue weighted by Gasteiger charge is 2.44. The summed E-state index contributed by atoms with van der Waals surface area (Å²) in [6.45, 7) is 9.01. The molecule has 350 valence electrons. The lowest BCUT2D eigenvalue weighted by Crippen LogP contribution is -2.56. The van der Waals surface area contributed by atoms with Gasteiger partial charge in [-0.25, -0.2) is 23.2 Å². The molecular formula is C46H53FN8O9S2. The molecule has 20 heteroatoms. The summed E-state index contributed by atoms with van der Waals surface area (Å²) >= 11 is 1.57. The summed E-state index contributed by atoms with van der Waals surface area (Å²) in [5.41, 5.74) is 4.34. The number of hydrogen-bond acceptors (Lipinski definition) is 12. The number of ketones is 1. The number of halogens is 1. The molecule has 0 radical (unpaired) electrons. The number of benzene rings is 3. The van der Waals surface area contributed by atoms with Gasteiger partial charge in [-0.2, -0.15) is 18.2 Å². The van der Waals surface area contributed by atoms with Crippen molar-refractivity contribution in [2.45, 2.75) is 97.2 Å². The summed E-state index contributed by atoms with van der Waals surface area (Å²) < 4.78 is 43.8. The van der Waals surface area contributed by atoms with E-state index in [2.05, 4.69) is 20.7 Å². The minimum Gasteiger partial charge on any atom is -0.506 e. The average Bonchev–Trinajstić information content (AvgIpc) is 4.07. The topological polar surface area (TPSA) is 233 Å². The molecule has 0 aliphatic carbocycles. The van der Waals surface area contributed by atoms with Crippen molar-refractivity contribution in [1.29, 1.82) is 0 Å². The number of aryl methyl sites for hydroxylation is 1. The molecule has 0 bridgehead atoms. The molecule has 4 heterocycles. The largest absolute Gasteiger partial charge is 0.506 e. The van der Waals surface area contributed by atoms with E-state index in [0.717, 1.165) is 26.4 Å². The number of thiazole rings is 1. The summed E-state index contributed by atoms with van der Waals surface area (Å²) in [5.74, 6) is -3.60. The van der Waals surface area contributed by atoms with Crippen LogP contribution in [0, 0.1) is 18.2 Å². The lowest BCUT2D eigenvalue weighted by Gasteiger charge is -2.35. The van der Waals surface area contributed by atoms with Crippen LogP contribution >= 0.6 is 11.3 Å². The number of phenolic OH excluding ortho intramolecular Hbond substituents is 1. The van der Waals surface area contributed by atoms with Crippen molar-refractivity contribution in [3.63, 3.8) is 0 Å². The number of fused-ring (bicyclic) bond motifs is 1. The summed E-state index contributed by atoms with van der Waals surface area (Å²) in [6.07, 6.45) is 3.99. The predicted octanol–water partition coefficient (Wildman–Crippen LogP) is 5.53. The first-order chi connectivity index (χ1) is 31.2. The average molecular weight is 945 g/mol. The number of unbranched alkanes of at least 4 members (excludes halogenated alkanes) is 2. The van der Waals surface area contributed by atoms with E-state index in [1.165, 1.54) is 35.5 Å². The highest BCUT2D eigenvalue weighted by Crippen LogP contribution is 2.40. The number of aromatic nitrogens is 3. The first kappa shape index (κ1) is 47.7. The number of aliphatic hydroxyl groups excluding tert-OH is 1. The molecule has 0 saturated carbocycles. The first-order valence-electron chi connectivity index (χ1n) is 21.6. The van der Waals surface area contributed by atoms with Gasteiger partial charge >= 0.3 is 16.2 Å². The number of nitrogens with one attached hydrogen (secondary N) is 3. The zero-order valence-corrected chi connectivity index (χ0v) is 38.8. The van der Waals surface area contributed by atoms with Gasteiger partial charge in [-0.05, 0) is 65.3 Å². The van der Waals surface area contributed by atoms with E-state index >= 15 is 4.39 Å². The van der Waals surface area contributed by atoms with Crippen LogP contribution in [-0.2, 0) is 29.4 Å². The summed E-state index contributed by atoms with van der Waals surface area (Å²) in [5, 5.41) is 31.2. The van der Waals surface area contributed by atoms with Gasteiger partial charge in [0, 0.05) is 49.5 Å². The number of nitrogens with zero attached hydrogens (tertiary/aromatic N) is 5. The standard InChI is InChI=1S/C46H53FN8O9S2/c1-26(28-10-12-29(13-11-28)42-27(2)49-25-65-42)17-36(57)35-20-33(56)23-53(35)44(61)43(46(3,4)5)51-38(59)9-7-6-8-16-48-45(62)54-22-32(21-50-54)30-14-15-31-19-37(58)41(40(47)34(31)18-30)55-24-39(60)52-66(55,63)64/h10-15,18-19,21-22,25-26,33,35,43,56,58H,6-9,16-17,20,23-24H2,1-5H3,(H,48,62)(H,51,59)(H,52,60)/t26?,33-,35+,43+/m0/s1. The van der Waals surface area contributed by atoms with Gasteiger partial charge in [0.25, 0.3) is 5.91 Å². The number of Topliss-reactive ketones (excluding diaryl/α,β-unsaturated/α-hetero) is 1. The summed E-state index contributed by atoms with van der Waals surface area (Å²) in [4.78, 5) is 72.6. The van der Waals surface area contributed by atoms with Gasteiger partial charge in [0.15, 0.2) is 11.6 Å². The van der Waals surface area contributed by atoms with Gasteiger partial charge in [-0.1, -0.05) is 70.5 Å². The van der Waals surface area contributed by atoms with Crippen LogP contribution in [0.1, 0.15) is 83.4 Å². The fourth-order valence-corrected chi connectivity index (χ4v) is 10.3. The van der Waals surface area contributed by atoms with Gasteiger partial charge in [0.2, 0.25) is 11.8 Å². The van der Waals surface area contributed by atoms with Crippen molar-refractivity contribution in [2.75, 3.05) is 23.9 Å². The molecular weight excluding hydrogens is 892 g/mol. The van der Waals surface area contributed by atoms with E-state index < -0.39 is 75.5 Å². The molecule has 66 heavy (non-hydrogen) atoms. The van der Waals surface area contributed by atoms with Crippen LogP contribution in [0.25, 0.3) is 32.3 Å². The summed E-state index contributed by atoms with van der Waals surface area (Å²) in [7, 11) is -4.39. The molecule has 2 saturated heterocycles. The smallest absolute Gasteiger partial charge is 0.342 e. The van der Waals surface area contributed by atoms with Gasteiger partial charge in [0.05, 0.1) is 34.4 Å². The van der Waals surface area contributed by atoms with E-state index in [4.69, 9.17) is 0 Å². The Kier molecular flexibility index (Phi) is 14.0. The number of carbonyl (C=O) groups excluding carboxylic acids is 5. The molecule has 2 aliphatic rings. The lowest BCUT2D eigenvalue weighted by molar-refractivity contribution is -0.143.